The number of halogens is 2. The van der Waals surface area contributed by atoms with E-state index < -0.39 is 17.8 Å². The largest absolute Gasteiger partial charge is 0.317 e. The second-order valence-corrected chi connectivity index (χ2v) is 4.71. The van der Waals surface area contributed by atoms with E-state index in [2.05, 4.69) is 10.3 Å². The minimum atomic E-state index is -1.03. The van der Waals surface area contributed by atoms with Crippen LogP contribution in [0.4, 0.5) is 14.5 Å². The van der Waals surface area contributed by atoms with Gasteiger partial charge in [-0.25, -0.2) is 0 Å². The van der Waals surface area contributed by atoms with Crippen LogP contribution in [0.1, 0.15) is 21.5 Å². The summed E-state index contributed by atoms with van der Waals surface area (Å²) in [6.07, 6.45) is 0.838. The quantitative estimate of drug-likeness (QED) is 0.868. The summed E-state index contributed by atoms with van der Waals surface area (Å²) in [5.41, 5.74) is -0.132. The van der Waals surface area contributed by atoms with Gasteiger partial charge in [-0.3, -0.25) is 4.79 Å². The van der Waals surface area contributed by atoms with E-state index in [-0.39, 0.29) is 5.69 Å². The van der Waals surface area contributed by atoms with E-state index in [1.54, 1.807) is 6.07 Å². The molecule has 0 aliphatic carbocycles. The van der Waals surface area contributed by atoms with E-state index in [1.165, 1.54) is 11.3 Å². The highest BCUT2D eigenvalue weighted by Crippen LogP contribution is 2.19. The lowest BCUT2D eigenvalue weighted by Crippen LogP contribution is -2.12. The molecule has 2 heterocycles. The van der Waals surface area contributed by atoms with Crippen molar-refractivity contribution in [1.82, 2.24) is 4.98 Å². The number of pyridine rings is 1. The van der Waals surface area contributed by atoms with Crippen LogP contribution in [0, 0.1) is 11.9 Å². The molecule has 0 spiro atoms. The van der Waals surface area contributed by atoms with Crippen LogP contribution in [-0.4, -0.2) is 10.9 Å². The third-order valence-corrected chi connectivity index (χ3v) is 3.53. The highest BCUT2D eigenvalue weighted by Gasteiger charge is 2.12. The number of rotatable bonds is 3. The first-order valence-electron chi connectivity index (χ1n) is 5.32. The highest BCUT2D eigenvalue weighted by atomic mass is 32.1. The fourth-order valence-electron chi connectivity index (χ4n) is 1.38. The normalized spacial score (nSPS) is 10.4. The standard InChI is InChI=1S/C12H10F2N2OS/c1-2-7-3-5-9(18-7)12(17)15-8-4-6-10(13)16-11(8)14/h3-6H,2H2,1H3,(H,15,17). The third kappa shape index (κ3) is 2.70. The van der Waals surface area contributed by atoms with Crippen LogP contribution in [0.3, 0.4) is 0 Å². The summed E-state index contributed by atoms with van der Waals surface area (Å²) in [5.74, 6) is -2.38. The Bertz CT molecular complexity index is 583. The summed E-state index contributed by atoms with van der Waals surface area (Å²) < 4.78 is 25.8. The Morgan fingerprint density at radius 2 is 2.11 bits per heavy atom. The van der Waals surface area contributed by atoms with Crippen LogP contribution in [0.2, 0.25) is 0 Å². The molecule has 3 nitrogen and oxygen atoms in total. The van der Waals surface area contributed by atoms with E-state index in [0.29, 0.717) is 4.88 Å². The van der Waals surface area contributed by atoms with E-state index in [0.717, 1.165) is 23.4 Å². The van der Waals surface area contributed by atoms with Crippen LogP contribution in [-0.2, 0) is 6.42 Å². The van der Waals surface area contributed by atoms with Crippen LogP contribution in [0.5, 0.6) is 0 Å². The molecule has 0 fully saturated rings. The molecular weight excluding hydrogens is 258 g/mol. The number of hydrogen-bond acceptors (Lipinski definition) is 3. The van der Waals surface area contributed by atoms with Gasteiger partial charge in [-0.1, -0.05) is 6.92 Å². The van der Waals surface area contributed by atoms with Crippen molar-refractivity contribution in [3.63, 3.8) is 0 Å². The summed E-state index contributed by atoms with van der Waals surface area (Å²) in [7, 11) is 0. The molecule has 0 atom stereocenters. The first kappa shape index (κ1) is 12.6. The molecule has 18 heavy (non-hydrogen) atoms. The number of anilines is 1. The van der Waals surface area contributed by atoms with Gasteiger partial charge in [-0.15, -0.1) is 11.3 Å². The number of nitrogens with one attached hydrogen (secondary N) is 1. The second-order valence-electron chi connectivity index (χ2n) is 3.55. The smallest absolute Gasteiger partial charge is 0.265 e. The maximum Gasteiger partial charge on any atom is 0.265 e. The van der Waals surface area contributed by atoms with Gasteiger partial charge in [-0.2, -0.15) is 13.8 Å². The molecule has 0 saturated heterocycles. The summed E-state index contributed by atoms with van der Waals surface area (Å²) in [5, 5.41) is 2.36. The summed E-state index contributed by atoms with van der Waals surface area (Å²) in [4.78, 5) is 16.3. The van der Waals surface area contributed by atoms with Gasteiger partial charge < -0.3 is 5.32 Å². The van der Waals surface area contributed by atoms with Gasteiger partial charge in [0.15, 0.2) is 0 Å². The molecule has 1 N–H and O–H groups in total. The molecule has 0 unspecified atom stereocenters. The molecule has 94 valence electrons. The molecule has 2 aromatic rings. The molecule has 0 bridgehead atoms. The summed E-state index contributed by atoms with van der Waals surface area (Å²) in [6.45, 7) is 1.98. The number of aryl methyl sites for hydroxylation is 1. The van der Waals surface area contributed by atoms with Crippen molar-refractivity contribution in [2.45, 2.75) is 13.3 Å². The Kier molecular flexibility index (Phi) is 3.66. The Morgan fingerprint density at radius 3 is 2.72 bits per heavy atom. The summed E-state index contributed by atoms with van der Waals surface area (Å²) >= 11 is 1.34. The van der Waals surface area contributed by atoms with E-state index in [9.17, 15) is 13.6 Å². The van der Waals surface area contributed by atoms with Crippen molar-refractivity contribution in [3.05, 3.63) is 45.9 Å². The number of carbonyl (C=O) groups is 1. The first-order chi connectivity index (χ1) is 8.60. The number of nitrogens with zero attached hydrogens (tertiary/aromatic N) is 1. The van der Waals surface area contributed by atoms with Gasteiger partial charge in [0.2, 0.25) is 11.9 Å². The average molecular weight is 268 g/mol. The van der Waals surface area contributed by atoms with Crippen molar-refractivity contribution in [2.75, 3.05) is 5.32 Å². The lowest BCUT2D eigenvalue weighted by atomic mass is 10.3. The molecule has 2 rings (SSSR count). The minimum Gasteiger partial charge on any atom is -0.317 e. The van der Waals surface area contributed by atoms with Crippen LogP contribution in [0.25, 0.3) is 0 Å². The number of aromatic nitrogens is 1. The zero-order valence-corrected chi connectivity index (χ0v) is 10.4. The van der Waals surface area contributed by atoms with Crippen molar-refractivity contribution >= 4 is 22.9 Å². The second kappa shape index (κ2) is 5.22. The lowest BCUT2D eigenvalue weighted by molar-refractivity contribution is 0.103. The van der Waals surface area contributed by atoms with Crippen LogP contribution in [0.15, 0.2) is 24.3 Å². The fourth-order valence-corrected chi connectivity index (χ4v) is 2.22. The molecular formula is C12H10F2N2OS. The van der Waals surface area contributed by atoms with Crippen molar-refractivity contribution in [3.8, 4) is 0 Å². The molecule has 2 aromatic heterocycles. The predicted octanol–water partition coefficient (Wildman–Crippen LogP) is 3.24. The monoisotopic (exact) mass is 268 g/mol. The highest BCUT2D eigenvalue weighted by molar-refractivity contribution is 7.14. The molecule has 0 saturated carbocycles. The number of thiophene rings is 1. The topological polar surface area (TPSA) is 42.0 Å². The van der Waals surface area contributed by atoms with E-state index in [1.807, 2.05) is 13.0 Å². The number of amides is 1. The first-order valence-corrected chi connectivity index (χ1v) is 6.14. The van der Waals surface area contributed by atoms with Gasteiger partial charge in [0.1, 0.15) is 0 Å². The van der Waals surface area contributed by atoms with Gasteiger partial charge >= 0.3 is 0 Å². The van der Waals surface area contributed by atoms with Gasteiger partial charge in [0.25, 0.3) is 5.91 Å². The maximum atomic E-state index is 13.2. The maximum absolute atomic E-state index is 13.2. The zero-order chi connectivity index (χ0) is 13.1. The fraction of sp³-hybridized carbons (Fsp3) is 0.167. The van der Waals surface area contributed by atoms with Crippen LogP contribution >= 0.6 is 11.3 Å². The lowest BCUT2D eigenvalue weighted by Gasteiger charge is -2.03. The van der Waals surface area contributed by atoms with Gasteiger partial charge in [0, 0.05) is 4.88 Å². The Hall–Kier alpha value is -1.82. The van der Waals surface area contributed by atoms with E-state index in [4.69, 9.17) is 0 Å². The van der Waals surface area contributed by atoms with E-state index >= 15 is 0 Å². The molecule has 0 aromatic carbocycles. The SMILES string of the molecule is CCc1ccc(C(=O)Nc2ccc(F)nc2F)s1. The number of carbonyl (C=O) groups excluding carboxylic acids is 1. The van der Waals surface area contributed by atoms with Crippen molar-refractivity contribution < 1.29 is 13.6 Å². The molecule has 1 amide bonds. The Balaban J connectivity index is 2.16. The molecule has 6 heteroatoms. The molecule has 0 aliphatic heterocycles. The van der Waals surface area contributed by atoms with Gasteiger partial charge in [-0.05, 0) is 30.7 Å². The van der Waals surface area contributed by atoms with Crippen LogP contribution < -0.4 is 5.32 Å². The zero-order valence-electron chi connectivity index (χ0n) is 9.54. The third-order valence-electron chi connectivity index (χ3n) is 2.30. The Morgan fingerprint density at radius 1 is 1.33 bits per heavy atom. The number of hydrogen-bond donors (Lipinski definition) is 1. The van der Waals surface area contributed by atoms with Gasteiger partial charge in [0.05, 0.1) is 10.6 Å². The predicted molar refractivity (Wildman–Crippen MR) is 65.8 cm³/mol. The van der Waals surface area contributed by atoms with Crippen molar-refractivity contribution in [1.29, 1.82) is 0 Å². The summed E-state index contributed by atoms with van der Waals surface area (Å²) in [6, 6.07) is 5.65. The Labute approximate surface area is 106 Å². The van der Waals surface area contributed by atoms with Crippen molar-refractivity contribution in [2.24, 2.45) is 0 Å². The molecule has 0 radical (unpaired) electrons. The molecule has 0 aliphatic rings. The minimum absolute atomic E-state index is 0.132. The average Bonchev–Trinajstić information content (AvgIpc) is 2.81.